The Morgan fingerprint density at radius 2 is 1.71 bits per heavy atom. The Bertz CT molecular complexity index is 374. The molecule has 1 saturated heterocycles. The van der Waals surface area contributed by atoms with Gasteiger partial charge in [0.2, 0.25) is 11.8 Å². The second-order valence-corrected chi connectivity index (χ2v) is 5.92. The number of amides is 2. The van der Waals surface area contributed by atoms with Crippen molar-refractivity contribution in [3.63, 3.8) is 0 Å². The number of carboxylic acids is 1. The summed E-state index contributed by atoms with van der Waals surface area (Å²) in [6, 6.07) is 0.133. The van der Waals surface area contributed by atoms with E-state index in [-0.39, 0.29) is 30.2 Å². The predicted octanol–water partition coefficient (Wildman–Crippen LogP) is 1.39. The maximum atomic E-state index is 11.8. The molecule has 0 aromatic heterocycles. The molecule has 0 saturated carbocycles. The van der Waals surface area contributed by atoms with Crippen molar-refractivity contribution < 1.29 is 19.5 Å². The van der Waals surface area contributed by atoms with E-state index in [1.807, 2.05) is 18.7 Å². The highest BCUT2D eigenvalue weighted by molar-refractivity contribution is 5.78. The highest BCUT2D eigenvalue weighted by Gasteiger charge is 2.24. The molecule has 0 atom stereocenters. The lowest BCUT2D eigenvalue weighted by Gasteiger charge is -2.33. The SMILES string of the molecule is CC(C)C(=O)N1CCC(NC(=O)CCCCC(=O)O)CC1. The van der Waals surface area contributed by atoms with Crippen LogP contribution in [0.3, 0.4) is 0 Å². The molecule has 1 heterocycles. The number of hydrogen-bond donors (Lipinski definition) is 2. The van der Waals surface area contributed by atoms with Gasteiger partial charge in [0.1, 0.15) is 0 Å². The van der Waals surface area contributed by atoms with Crippen LogP contribution < -0.4 is 5.32 Å². The molecule has 0 aromatic rings. The lowest BCUT2D eigenvalue weighted by atomic mass is 10.0. The lowest BCUT2D eigenvalue weighted by molar-refractivity contribution is -0.137. The quantitative estimate of drug-likeness (QED) is 0.695. The number of carbonyl (C=O) groups excluding carboxylic acids is 2. The van der Waals surface area contributed by atoms with E-state index < -0.39 is 5.97 Å². The Balaban J connectivity index is 2.18. The summed E-state index contributed by atoms with van der Waals surface area (Å²) < 4.78 is 0. The van der Waals surface area contributed by atoms with Crippen molar-refractivity contribution in [2.24, 2.45) is 5.92 Å². The minimum Gasteiger partial charge on any atom is -0.481 e. The molecule has 2 amide bonds. The molecule has 0 aromatic carbocycles. The molecule has 1 aliphatic heterocycles. The van der Waals surface area contributed by atoms with Crippen LogP contribution in [0, 0.1) is 5.92 Å². The number of carboxylic acid groups (broad SMARTS) is 1. The summed E-state index contributed by atoms with van der Waals surface area (Å²) in [6.07, 6.45) is 3.20. The first-order chi connectivity index (χ1) is 9.90. The number of aliphatic carboxylic acids is 1. The zero-order valence-electron chi connectivity index (χ0n) is 12.9. The van der Waals surface area contributed by atoms with E-state index in [1.54, 1.807) is 0 Å². The summed E-state index contributed by atoms with van der Waals surface area (Å²) in [5, 5.41) is 11.5. The second-order valence-electron chi connectivity index (χ2n) is 5.92. The zero-order chi connectivity index (χ0) is 15.8. The van der Waals surface area contributed by atoms with Crippen LogP contribution in [-0.2, 0) is 14.4 Å². The van der Waals surface area contributed by atoms with Gasteiger partial charge in [0.05, 0.1) is 0 Å². The molecule has 6 heteroatoms. The number of hydrogen-bond acceptors (Lipinski definition) is 3. The van der Waals surface area contributed by atoms with Crippen molar-refractivity contribution in [3.05, 3.63) is 0 Å². The van der Waals surface area contributed by atoms with Gasteiger partial charge in [-0.25, -0.2) is 0 Å². The maximum absolute atomic E-state index is 11.8. The van der Waals surface area contributed by atoms with Gasteiger partial charge < -0.3 is 15.3 Å². The van der Waals surface area contributed by atoms with Crippen molar-refractivity contribution in [3.8, 4) is 0 Å². The average molecular weight is 298 g/mol. The smallest absolute Gasteiger partial charge is 0.303 e. The number of piperidine rings is 1. The number of carbonyl (C=O) groups is 3. The number of nitrogens with zero attached hydrogens (tertiary/aromatic N) is 1. The molecule has 120 valence electrons. The predicted molar refractivity (Wildman–Crippen MR) is 78.7 cm³/mol. The third kappa shape index (κ3) is 6.60. The summed E-state index contributed by atoms with van der Waals surface area (Å²) in [5.74, 6) is -0.648. The van der Waals surface area contributed by atoms with E-state index in [1.165, 1.54) is 0 Å². The molecule has 0 aliphatic carbocycles. The molecule has 0 spiro atoms. The summed E-state index contributed by atoms with van der Waals surface area (Å²) in [6.45, 7) is 5.18. The third-order valence-electron chi connectivity index (χ3n) is 3.71. The van der Waals surface area contributed by atoms with E-state index in [0.717, 1.165) is 12.8 Å². The molecule has 0 radical (unpaired) electrons. The zero-order valence-corrected chi connectivity index (χ0v) is 12.9. The first-order valence-corrected chi connectivity index (χ1v) is 7.70. The lowest BCUT2D eigenvalue weighted by Crippen LogP contribution is -2.47. The Morgan fingerprint density at radius 3 is 2.24 bits per heavy atom. The molecule has 1 fully saturated rings. The van der Waals surface area contributed by atoms with Crippen LogP contribution in [0.25, 0.3) is 0 Å². The summed E-state index contributed by atoms with van der Waals surface area (Å²) in [5.41, 5.74) is 0. The molecule has 0 unspecified atom stereocenters. The van der Waals surface area contributed by atoms with Gasteiger partial charge in [0.25, 0.3) is 0 Å². The molecule has 6 nitrogen and oxygen atoms in total. The van der Waals surface area contributed by atoms with E-state index >= 15 is 0 Å². The van der Waals surface area contributed by atoms with Gasteiger partial charge >= 0.3 is 5.97 Å². The average Bonchev–Trinajstić information content (AvgIpc) is 2.43. The van der Waals surface area contributed by atoms with Crippen molar-refractivity contribution >= 4 is 17.8 Å². The molecule has 21 heavy (non-hydrogen) atoms. The Kier molecular flexibility index (Phi) is 7.19. The van der Waals surface area contributed by atoms with Gasteiger partial charge in [-0.1, -0.05) is 13.8 Å². The number of nitrogens with one attached hydrogen (secondary N) is 1. The van der Waals surface area contributed by atoms with Crippen molar-refractivity contribution in [1.82, 2.24) is 10.2 Å². The Labute approximate surface area is 125 Å². The Morgan fingerprint density at radius 1 is 1.14 bits per heavy atom. The van der Waals surface area contributed by atoms with Gasteiger partial charge in [0, 0.05) is 37.9 Å². The highest BCUT2D eigenvalue weighted by atomic mass is 16.4. The fourth-order valence-electron chi connectivity index (χ4n) is 2.47. The van der Waals surface area contributed by atoms with Crippen molar-refractivity contribution in [2.75, 3.05) is 13.1 Å². The molecule has 1 aliphatic rings. The van der Waals surface area contributed by atoms with Crippen LogP contribution in [0.5, 0.6) is 0 Å². The fraction of sp³-hybridized carbons (Fsp3) is 0.800. The topological polar surface area (TPSA) is 86.7 Å². The monoisotopic (exact) mass is 298 g/mol. The Hall–Kier alpha value is -1.59. The first kappa shape index (κ1) is 17.5. The van der Waals surface area contributed by atoms with Crippen LogP contribution in [0.4, 0.5) is 0 Å². The second kappa shape index (κ2) is 8.64. The molecule has 2 N–H and O–H groups in total. The standard InChI is InChI=1S/C15H26N2O4/c1-11(2)15(21)17-9-7-12(8-10-17)16-13(18)5-3-4-6-14(19)20/h11-12H,3-10H2,1-2H3,(H,16,18)(H,19,20). The van der Waals surface area contributed by atoms with E-state index in [2.05, 4.69) is 5.32 Å². The highest BCUT2D eigenvalue weighted by Crippen LogP contribution is 2.13. The van der Waals surface area contributed by atoms with Crippen LogP contribution in [0.2, 0.25) is 0 Å². The molecular formula is C15H26N2O4. The van der Waals surface area contributed by atoms with E-state index in [4.69, 9.17) is 5.11 Å². The van der Waals surface area contributed by atoms with Crippen LogP contribution in [0.1, 0.15) is 52.4 Å². The van der Waals surface area contributed by atoms with E-state index in [9.17, 15) is 14.4 Å². The van der Waals surface area contributed by atoms with Crippen LogP contribution in [-0.4, -0.2) is 46.9 Å². The maximum Gasteiger partial charge on any atom is 0.303 e. The minimum atomic E-state index is -0.822. The van der Waals surface area contributed by atoms with Crippen LogP contribution >= 0.6 is 0 Å². The van der Waals surface area contributed by atoms with Crippen LogP contribution in [0.15, 0.2) is 0 Å². The number of rotatable bonds is 7. The van der Waals surface area contributed by atoms with Crippen molar-refractivity contribution in [1.29, 1.82) is 0 Å². The van der Waals surface area contributed by atoms with Gasteiger partial charge in [-0.3, -0.25) is 14.4 Å². The fourth-order valence-corrected chi connectivity index (χ4v) is 2.47. The first-order valence-electron chi connectivity index (χ1n) is 7.70. The minimum absolute atomic E-state index is 0.0189. The molecule has 1 rings (SSSR count). The molecular weight excluding hydrogens is 272 g/mol. The normalized spacial score (nSPS) is 16.0. The number of unbranched alkanes of at least 4 members (excludes halogenated alkanes) is 1. The number of likely N-dealkylation sites (tertiary alicyclic amines) is 1. The summed E-state index contributed by atoms with van der Waals surface area (Å²) >= 11 is 0. The van der Waals surface area contributed by atoms with Gasteiger partial charge in [-0.05, 0) is 25.7 Å². The van der Waals surface area contributed by atoms with Gasteiger partial charge in [-0.15, -0.1) is 0 Å². The third-order valence-corrected chi connectivity index (χ3v) is 3.71. The summed E-state index contributed by atoms with van der Waals surface area (Å²) in [4.78, 5) is 35.8. The van der Waals surface area contributed by atoms with E-state index in [0.29, 0.717) is 32.4 Å². The summed E-state index contributed by atoms with van der Waals surface area (Å²) in [7, 11) is 0. The molecule has 0 bridgehead atoms. The van der Waals surface area contributed by atoms with Gasteiger partial charge in [0.15, 0.2) is 0 Å². The van der Waals surface area contributed by atoms with Gasteiger partial charge in [-0.2, -0.15) is 0 Å². The van der Waals surface area contributed by atoms with Crippen molar-refractivity contribution in [2.45, 2.75) is 58.4 Å². The largest absolute Gasteiger partial charge is 0.481 e.